The minimum atomic E-state index is -3.92. The molecular weight excluding hydrogens is 462 g/mol. The van der Waals surface area contributed by atoms with Crippen LogP contribution in [0.25, 0.3) is 0 Å². The van der Waals surface area contributed by atoms with Crippen LogP contribution in [0.4, 0.5) is 5.95 Å². The molecule has 1 aliphatic heterocycles. The highest BCUT2D eigenvalue weighted by Crippen LogP contribution is 2.26. The third-order valence-electron chi connectivity index (χ3n) is 5.44. The van der Waals surface area contributed by atoms with Crippen LogP contribution in [0.1, 0.15) is 35.9 Å². The Morgan fingerprint density at radius 1 is 1.15 bits per heavy atom. The Labute approximate surface area is 196 Å². The lowest BCUT2D eigenvalue weighted by atomic mass is 9.97. The van der Waals surface area contributed by atoms with E-state index in [2.05, 4.69) is 15.4 Å². The Kier molecular flexibility index (Phi) is 7.08. The number of carbonyl (C=O) groups is 2. The van der Waals surface area contributed by atoms with Crippen molar-refractivity contribution in [2.75, 3.05) is 25.0 Å². The third kappa shape index (κ3) is 5.34. The van der Waals surface area contributed by atoms with Crippen LogP contribution in [-0.2, 0) is 26.1 Å². The van der Waals surface area contributed by atoms with Crippen molar-refractivity contribution in [1.29, 1.82) is 0 Å². The van der Waals surface area contributed by atoms with Crippen LogP contribution in [0.2, 0.25) is 0 Å². The molecule has 1 aromatic carbocycles. The van der Waals surface area contributed by atoms with Crippen LogP contribution in [-0.4, -0.2) is 59.1 Å². The summed E-state index contributed by atoms with van der Waals surface area (Å²) < 4.78 is 38.6. The molecule has 1 N–H and O–H groups in total. The minimum Gasteiger partial charge on any atom is -0.460 e. The summed E-state index contributed by atoms with van der Waals surface area (Å²) in [5.74, 6) is -1.32. The number of carbonyl (C=O) groups excluding carboxylic acids is 2. The van der Waals surface area contributed by atoms with Crippen LogP contribution in [0.5, 0.6) is 0 Å². The average molecular weight is 488 g/mol. The van der Waals surface area contributed by atoms with Crippen molar-refractivity contribution < 1.29 is 27.2 Å². The van der Waals surface area contributed by atoms with Gasteiger partial charge in [0.2, 0.25) is 22.7 Å². The van der Waals surface area contributed by atoms with Crippen molar-refractivity contribution in [2.45, 2.75) is 31.4 Å². The lowest BCUT2D eigenvalue weighted by Gasteiger charge is -2.29. The van der Waals surface area contributed by atoms with Crippen molar-refractivity contribution >= 4 is 27.8 Å². The zero-order valence-corrected chi connectivity index (χ0v) is 19.4. The van der Waals surface area contributed by atoms with E-state index in [4.69, 9.17) is 9.15 Å². The number of benzene rings is 1. The maximum Gasteiger partial charge on any atom is 0.374 e. The van der Waals surface area contributed by atoms with Gasteiger partial charge in [-0.05, 0) is 37.5 Å². The lowest BCUT2D eigenvalue weighted by Crippen LogP contribution is -2.41. The van der Waals surface area contributed by atoms with Crippen LogP contribution in [0.15, 0.2) is 58.3 Å². The summed E-state index contributed by atoms with van der Waals surface area (Å²) in [5, 5.41) is 6.66. The molecule has 1 fully saturated rings. The SMILES string of the molecule is CCOC(=O)c1ccc(S(=O)(=O)N2CCC(C(=O)Nc3ncn(Cc4ccccc4)n3)CC2)o1. The first-order chi connectivity index (χ1) is 16.4. The number of esters is 1. The molecule has 1 saturated heterocycles. The van der Waals surface area contributed by atoms with E-state index >= 15 is 0 Å². The minimum absolute atomic E-state index is 0.145. The molecule has 0 aliphatic carbocycles. The van der Waals surface area contributed by atoms with E-state index < -0.39 is 16.0 Å². The van der Waals surface area contributed by atoms with E-state index in [-0.39, 0.29) is 48.3 Å². The maximum absolute atomic E-state index is 12.9. The molecule has 180 valence electrons. The smallest absolute Gasteiger partial charge is 0.374 e. The van der Waals surface area contributed by atoms with Gasteiger partial charge in [-0.15, -0.1) is 5.10 Å². The predicted molar refractivity (Wildman–Crippen MR) is 120 cm³/mol. The molecule has 3 aromatic rings. The number of nitrogens with zero attached hydrogens (tertiary/aromatic N) is 4. The van der Waals surface area contributed by atoms with E-state index in [1.54, 1.807) is 17.9 Å². The number of furan rings is 1. The number of ether oxygens (including phenoxy) is 1. The second-order valence-electron chi connectivity index (χ2n) is 7.76. The van der Waals surface area contributed by atoms with Crippen LogP contribution in [0.3, 0.4) is 0 Å². The van der Waals surface area contributed by atoms with Gasteiger partial charge in [0, 0.05) is 19.0 Å². The highest BCUT2D eigenvalue weighted by Gasteiger charge is 2.34. The predicted octanol–water partition coefficient (Wildman–Crippen LogP) is 2.14. The fourth-order valence-electron chi connectivity index (χ4n) is 3.67. The maximum atomic E-state index is 12.9. The summed E-state index contributed by atoms with van der Waals surface area (Å²) in [5.41, 5.74) is 1.06. The Hall–Kier alpha value is -3.51. The van der Waals surface area contributed by atoms with Crippen LogP contribution >= 0.6 is 0 Å². The van der Waals surface area contributed by atoms with Gasteiger partial charge >= 0.3 is 5.97 Å². The standard InChI is InChI=1S/C22H25N5O6S/c1-2-32-21(29)18-8-9-19(33-18)34(30,31)27-12-10-17(11-13-27)20(28)24-22-23-15-26(25-22)14-16-6-4-3-5-7-16/h3-9,15,17H,2,10-14H2,1H3,(H,24,25,28). The van der Waals surface area contributed by atoms with Crippen LogP contribution < -0.4 is 5.32 Å². The molecular formula is C22H25N5O6S. The molecule has 2 aromatic heterocycles. The molecule has 34 heavy (non-hydrogen) atoms. The highest BCUT2D eigenvalue weighted by atomic mass is 32.2. The van der Waals surface area contributed by atoms with Gasteiger partial charge in [-0.3, -0.25) is 10.1 Å². The molecule has 11 nitrogen and oxygen atoms in total. The van der Waals surface area contributed by atoms with Gasteiger partial charge in [-0.1, -0.05) is 30.3 Å². The second-order valence-corrected chi connectivity index (χ2v) is 9.63. The quantitative estimate of drug-likeness (QED) is 0.477. The topological polar surface area (TPSA) is 137 Å². The summed E-state index contributed by atoms with van der Waals surface area (Å²) in [6.45, 7) is 2.62. The first-order valence-corrected chi connectivity index (χ1v) is 12.3. The Bertz CT molecular complexity index is 1250. The van der Waals surface area contributed by atoms with E-state index in [0.29, 0.717) is 19.4 Å². The fourth-order valence-corrected chi connectivity index (χ4v) is 5.05. The van der Waals surface area contributed by atoms with Gasteiger partial charge in [0.25, 0.3) is 10.0 Å². The summed E-state index contributed by atoms with van der Waals surface area (Å²) in [6.07, 6.45) is 2.22. The van der Waals surface area contributed by atoms with Gasteiger partial charge in [-0.2, -0.15) is 4.31 Å². The number of amides is 1. The molecule has 0 saturated carbocycles. The van der Waals surface area contributed by atoms with Gasteiger partial charge < -0.3 is 9.15 Å². The zero-order chi connectivity index (χ0) is 24.1. The zero-order valence-electron chi connectivity index (χ0n) is 18.6. The Morgan fingerprint density at radius 2 is 1.88 bits per heavy atom. The number of sulfonamides is 1. The number of anilines is 1. The number of piperidine rings is 1. The van der Waals surface area contributed by atoms with Gasteiger partial charge in [0.15, 0.2) is 0 Å². The fraction of sp³-hybridized carbons (Fsp3) is 0.364. The van der Waals surface area contributed by atoms with E-state index in [0.717, 1.165) is 5.56 Å². The molecule has 0 atom stereocenters. The molecule has 0 spiro atoms. The largest absolute Gasteiger partial charge is 0.460 e. The number of hydrogen-bond acceptors (Lipinski definition) is 8. The lowest BCUT2D eigenvalue weighted by molar-refractivity contribution is -0.121. The molecule has 4 rings (SSSR count). The number of nitrogens with one attached hydrogen (secondary N) is 1. The van der Waals surface area contributed by atoms with Crippen molar-refractivity contribution in [3.05, 3.63) is 60.1 Å². The molecule has 0 unspecified atom stereocenters. The van der Waals surface area contributed by atoms with E-state index in [1.807, 2.05) is 30.3 Å². The normalized spacial score (nSPS) is 15.2. The molecule has 12 heteroatoms. The van der Waals surface area contributed by atoms with Gasteiger partial charge in [-0.25, -0.2) is 22.9 Å². The van der Waals surface area contributed by atoms with Gasteiger partial charge in [0.1, 0.15) is 6.33 Å². The van der Waals surface area contributed by atoms with Crippen molar-refractivity contribution in [3.8, 4) is 0 Å². The first kappa shape index (κ1) is 23.6. The Morgan fingerprint density at radius 3 is 2.59 bits per heavy atom. The first-order valence-electron chi connectivity index (χ1n) is 10.9. The van der Waals surface area contributed by atoms with E-state index in [9.17, 15) is 18.0 Å². The van der Waals surface area contributed by atoms with Crippen molar-refractivity contribution in [1.82, 2.24) is 19.1 Å². The molecule has 3 heterocycles. The van der Waals surface area contributed by atoms with Crippen molar-refractivity contribution in [3.63, 3.8) is 0 Å². The molecule has 0 bridgehead atoms. The van der Waals surface area contributed by atoms with Crippen LogP contribution in [0, 0.1) is 5.92 Å². The summed E-state index contributed by atoms with van der Waals surface area (Å²) in [4.78, 5) is 28.5. The van der Waals surface area contributed by atoms with Crippen molar-refractivity contribution in [2.24, 2.45) is 5.92 Å². The molecule has 1 aliphatic rings. The van der Waals surface area contributed by atoms with Gasteiger partial charge in [0.05, 0.1) is 13.2 Å². The number of hydrogen-bond donors (Lipinski definition) is 1. The average Bonchev–Trinajstić information content (AvgIpc) is 3.50. The third-order valence-corrected chi connectivity index (χ3v) is 7.21. The summed E-state index contributed by atoms with van der Waals surface area (Å²) in [6, 6.07) is 12.3. The molecule has 0 radical (unpaired) electrons. The highest BCUT2D eigenvalue weighted by molar-refractivity contribution is 7.89. The second kappa shape index (κ2) is 10.2. The number of aromatic nitrogens is 3. The monoisotopic (exact) mass is 487 g/mol. The summed E-state index contributed by atoms with van der Waals surface area (Å²) >= 11 is 0. The molecule has 1 amide bonds. The van der Waals surface area contributed by atoms with E-state index in [1.165, 1.54) is 16.4 Å². The Balaban J connectivity index is 1.31. The summed E-state index contributed by atoms with van der Waals surface area (Å²) in [7, 11) is -3.92. The number of rotatable bonds is 8.